The van der Waals surface area contributed by atoms with Crippen molar-refractivity contribution in [2.24, 2.45) is 0 Å². The van der Waals surface area contributed by atoms with E-state index >= 15 is 0 Å². The van der Waals surface area contributed by atoms with E-state index in [1.807, 2.05) is 0 Å². The first-order valence-electron chi connectivity index (χ1n) is 20.2. The molecule has 0 aromatic rings. The number of hydrogen-bond acceptors (Lipinski definition) is 2. The molecule has 0 aromatic carbocycles. The van der Waals surface area contributed by atoms with Gasteiger partial charge in [-0.3, -0.25) is 0 Å². The van der Waals surface area contributed by atoms with Crippen molar-refractivity contribution in [2.75, 3.05) is 39.3 Å². The first kappa shape index (κ1) is 41.9. The molecule has 0 radical (unpaired) electrons. The molecule has 0 amide bonds. The smallest absolute Gasteiger partial charge is 0.0109 e. The van der Waals surface area contributed by atoms with Crippen LogP contribution in [0.3, 0.4) is 0 Å². The maximum atomic E-state index is 2.85. The van der Waals surface area contributed by atoms with E-state index < -0.39 is 0 Å². The molecule has 42 heavy (non-hydrogen) atoms. The first-order valence-corrected chi connectivity index (χ1v) is 20.2. The Morgan fingerprint density at radius 1 is 0.190 bits per heavy atom. The standard InChI is InChI=1S/C40H84N2/c1-5-9-12-15-18-21-24-27-29-32-36-41(35-8-4)39-40-42(37-33-30-26-23-20-17-14-11-7-3)38-34-31-28-25-22-19-16-13-10-6-2/h5-40H2,1-4H3. The summed E-state index contributed by atoms with van der Waals surface area (Å²) in [5, 5.41) is 0. The zero-order chi connectivity index (χ0) is 30.6. The van der Waals surface area contributed by atoms with Crippen LogP contribution in [0.15, 0.2) is 0 Å². The third kappa shape index (κ3) is 32.8. The van der Waals surface area contributed by atoms with E-state index in [4.69, 9.17) is 0 Å². The molecule has 254 valence electrons. The normalized spacial score (nSPS) is 11.9. The summed E-state index contributed by atoms with van der Waals surface area (Å²) < 4.78 is 0. The van der Waals surface area contributed by atoms with E-state index in [1.54, 1.807) is 0 Å². The van der Waals surface area contributed by atoms with Gasteiger partial charge in [-0.05, 0) is 51.9 Å². The highest BCUT2D eigenvalue weighted by atomic mass is 15.2. The van der Waals surface area contributed by atoms with Crippen molar-refractivity contribution in [1.82, 2.24) is 9.80 Å². The van der Waals surface area contributed by atoms with Crippen molar-refractivity contribution < 1.29 is 0 Å². The second-order valence-electron chi connectivity index (χ2n) is 13.9. The van der Waals surface area contributed by atoms with Crippen LogP contribution < -0.4 is 0 Å². The number of nitrogens with zero attached hydrogens (tertiary/aromatic N) is 2. The predicted molar refractivity (Wildman–Crippen MR) is 194 cm³/mol. The summed E-state index contributed by atoms with van der Waals surface area (Å²) in [6.07, 6.45) is 43.1. The summed E-state index contributed by atoms with van der Waals surface area (Å²) in [5.41, 5.74) is 0. The number of unbranched alkanes of at least 4 members (excludes halogenated alkanes) is 26. The van der Waals surface area contributed by atoms with Gasteiger partial charge in [-0.25, -0.2) is 0 Å². The lowest BCUT2D eigenvalue weighted by atomic mass is 10.1. The summed E-state index contributed by atoms with van der Waals surface area (Å²) in [6, 6.07) is 0. The maximum Gasteiger partial charge on any atom is 0.0109 e. The van der Waals surface area contributed by atoms with Gasteiger partial charge >= 0.3 is 0 Å². The lowest BCUT2D eigenvalue weighted by molar-refractivity contribution is 0.195. The predicted octanol–water partition coefficient (Wildman–Crippen LogP) is 13.4. The second kappa shape index (κ2) is 37.1. The van der Waals surface area contributed by atoms with E-state index in [0.717, 1.165) is 0 Å². The number of hydrogen-bond donors (Lipinski definition) is 0. The molecule has 0 aliphatic carbocycles. The first-order chi connectivity index (χ1) is 20.8. The Hall–Kier alpha value is -0.0800. The van der Waals surface area contributed by atoms with E-state index in [1.165, 1.54) is 232 Å². The summed E-state index contributed by atoms with van der Waals surface area (Å²) in [5.74, 6) is 0. The van der Waals surface area contributed by atoms with E-state index in [-0.39, 0.29) is 0 Å². The van der Waals surface area contributed by atoms with Gasteiger partial charge in [-0.2, -0.15) is 0 Å². The van der Waals surface area contributed by atoms with Gasteiger partial charge in [0.15, 0.2) is 0 Å². The molecule has 0 aromatic heterocycles. The summed E-state index contributed by atoms with van der Waals surface area (Å²) in [4.78, 5) is 5.65. The molecule has 0 bridgehead atoms. The Kier molecular flexibility index (Phi) is 37.0. The third-order valence-corrected chi connectivity index (χ3v) is 9.51. The molecular weight excluding hydrogens is 508 g/mol. The van der Waals surface area contributed by atoms with Crippen LogP contribution in [0.4, 0.5) is 0 Å². The minimum atomic E-state index is 1.29. The molecule has 0 saturated heterocycles. The molecule has 0 heterocycles. The minimum Gasteiger partial charge on any atom is -0.302 e. The highest BCUT2D eigenvalue weighted by Crippen LogP contribution is 2.14. The third-order valence-electron chi connectivity index (χ3n) is 9.51. The SMILES string of the molecule is CCCCCCCCCCCCN(CCC)CCN(CCCCCCCCCCC)CCCCCCCCCCCC. The van der Waals surface area contributed by atoms with E-state index in [2.05, 4.69) is 37.5 Å². The zero-order valence-corrected chi connectivity index (χ0v) is 30.4. The van der Waals surface area contributed by atoms with Crippen LogP contribution in [0.2, 0.25) is 0 Å². The van der Waals surface area contributed by atoms with Gasteiger partial charge in [0, 0.05) is 13.1 Å². The molecule has 0 fully saturated rings. The lowest BCUT2D eigenvalue weighted by Gasteiger charge is -2.28. The quantitative estimate of drug-likeness (QED) is 0.0662. The van der Waals surface area contributed by atoms with Crippen LogP contribution in [-0.2, 0) is 0 Å². The Labute approximate surface area is 268 Å². The van der Waals surface area contributed by atoms with Crippen molar-refractivity contribution in [1.29, 1.82) is 0 Å². The molecule has 0 unspecified atom stereocenters. The van der Waals surface area contributed by atoms with Crippen LogP contribution in [0.1, 0.15) is 220 Å². The van der Waals surface area contributed by atoms with Gasteiger partial charge < -0.3 is 9.80 Å². The zero-order valence-electron chi connectivity index (χ0n) is 30.4. The average Bonchev–Trinajstić information content (AvgIpc) is 3.00. The second-order valence-corrected chi connectivity index (χ2v) is 13.9. The average molecular weight is 593 g/mol. The monoisotopic (exact) mass is 593 g/mol. The fourth-order valence-electron chi connectivity index (χ4n) is 6.56. The van der Waals surface area contributed by atoms with Crippen LogP contribution in [0, 0.1) is 0 Å². The van der Waals surface area contributed by atoms with Gasteiger partial charge in [0.05, 0.1) is 0 Å². The van der Waals surface area contributed by atoms with E-state index in [0.29, 0.717) is 0 Å². The topological polar surface area (TPSA) is 6.48 Å². The van der Waals surface area contributed by atoms with Gasteiger partial charge in [0.1, 0.15) is 0 Å². The van der Waals surface area contributed by atoms with Crippen LogP contribution in [0.5, 0.6) is 0 Å². The van der Waals surface area contributed by atoms with E-state index in [9.17, 15) is 0 Å². The fourth-order valence-corrected chi connectivity index (χ4v) is 6.56. The van der Waals surface area contributed by atoms with Crippen LogP contribution in [0.25, 0.3) is 0 Å². The molecule has 2 nitrogen and oxygen atoms in total. The molecule has 0 aliphatic rings. The van der Waals surface area contributed by atoms with Crippen molar-refractivity contribution in [3.8, 4) is 0 Å². The molecule has 2 heteroatoms. The molecule has 0 saturated carbocycles. The van der Waals surface area contributed by atoms with Crippen molar-refractivity contribution in [3.05, 3.63) is 0 Å². The van der Waals surface area contributed by atoms with Crippen LogP contribution >= 0.6 is 0 Å². The molecule has 0 aliphatic heterocycles. The molecule has 0 spiro atoms. The fraction of sp³-hybridized carbons (Fsp3) is 1.00. The van der Waals surface area contributed by atoms with Gasteiger partial charge in [0.2, 0.25) is 0 Å². The Morgan fingerprint density at radius 2 is 0.405 bits per heavy atom. The maximum absolute atomic E-state index is 2.85. The largest absolute Gasteiger partial charge is 0.302 e. The van der Waals surface area contributed by atoms with Gasteiger partial charge in [0.25, 0.3) is 0 Å². The molecule has 0 N–H and O–H groups in total. The van der Waals surface area contributed by atoms with Crippen molar-refractivity contribution in [3.63, 3.8) is 0 Å². The Morgan fingerprint density at radius 3 is 0.643 bits per heavy atom. The molecule has 0 atom stereocenters. The van der Waals surface area contributed by atoms with Crippen LogP contribution in [-0.4, -0.2) is 49.1 Å². The lowest BCUT2D eigenvalue weighted by Crippen LogP contribution is -2.37. The van der Waals surface area contributed by atoms with Gasteiger partial charge in [-0.1, -0.05) is 195 Å². The summed E-state index contributed by atoms with van der Waals surface area (Å²) in [6.45, 7) is 17.2. The van der Waals surface area contributed by atoms with Gasteiger partial charge in [-0.15, -0.1) is 0 Å². The van der Waals surface area contributed by atoms with Crippen molar-refractivity contribution >= 4 is 0 Å². The Balaban J connectivity index is 4.24. The summed E-state index contributed by atoms with van der Waals surface area (Å²) >= 11 is 0. The highest BCUT2D eigenvalue weighted by Gasteiger charge is 2.09. The Bertz CT molecular complexity index is 465. The van der Waals surface area contributed by atoms with Crippen molar-refractivity contribution in [2.45, 2.75) is 220 Å². The summed E-state index contributed by atoms with van der Waals surface area (Å²) in [7, 11) is 0. The highest BCUT2D eigenvalue weighted by molar-refractivity contribution is 4.65. The minimum absolute atomic E-state index is 1.29. The molecule has 0 rings (SSSR count). The number of rotatable bonds is 37. The molecular formula is C40H84N2.